The molecule has 9 saturated heterocycles. The lowest BCUT2D eigenvalue weighted by Gasteiger charge is -2.27. The minimum Gasteiger partial charge on any atom is -0.397 e. The van der Waals surface area contributed by atoms with Gasteiger partial charge < -0.3 is 101 Å². The van der Waals surface area contributed by atoms with Crippen molar-refractivity contribution in [1.82, 2.24) is 102 Å². The zero-order valence-electron chi connectivity index (χ0n) is 67.2. The van der Waals surface area contributed by atoms with Crippen molar-refractivity contribution in [3.05, 3.63) is 106 Å². The highest BCUT2D eigenvalue weighted by Gasteiger charge is 2.60. The molecular weight excluding hydrogens is 2030 g/mol. The number of H-pyrrole nitrogens is 3. The number of phosphoric acid groups is 2. The fourth-order valence-electron chi connectivity index (χ4n) is 15.9. The fraction of sp³-hybridized carbons (Fsp3) is 0.476. The first-order valence-corrected chi connectivity index (χ1v) is 52.5. The second-order valence-corrected chi connectivity index (χ2v) is 44.6. The Bertz CT molecular complexity index is 6500. The van der Waals surface area contributed by atoms with Crippen molar-refractivity contribution in [3.63, 3.8) is 0 Å². The minimum atomic E-state index is -5.15. The molecule has 0 amide bonds. The van der Waals surface area contributed by atoms with Crippen molar-refractivity contribution in [2.45, 2.75) is 148 Å². The highest BCUT2D eigenvalue weighted by atomic mass is 32.7. The average molecular weight is 2100 g/mol. The number of pyridine rings is 3. The molecule has 21 rings (SSSR count). The Kier molecular flexibility index (Phi) is 25.6. The number of fused-ring (bicyclic) bond motifs is 15. The summed E-state index contributed by atoms with van der Waals surface area (Å²) in [7, 11) is -10.3. The minimum absolute atomic E-state index is 0.0852. The molecule has 21 heterocycles. The number of rotatable bonds is 6. The molecule has 0 radical (unpaired) electrons. The summed E-state index contributed by atoms with van der Waals surface area (Å²) in [4.78, 5) is 146. The van der Waals surface area contributed by atoms with Crippen LogP contribution in [-0.4, -0.2) is 277 Å². The van der Waals surface area contributed by atoms with Gasteiger partial charge >= 0.3 is 42.6 Å². The van der Waals surface area contributed by atoms with Crippen LogP contribution in [0.4, 0.5) is 61.2 Å². The summed E-state index contributed by atoms with van der Waals surface area (Å²) in [5.41, 5.74) is 34.0. The maximum Gasteiger partial charge on any atom is 0.472 e. The number of nitrogens with two attached hydrogens (primary N) is 6. The van der Waals surface area contributed by atoms with E-state index in [4.69, 9.17) is 153 Å². The van der Waals surface area contributed by atoms with E-state index in [0.29, 0.717) is 11.2 Å². The Balaban J connectivity index is 0.000000130. The van der Waals surface area contributed by atoms with Gasteiger partial charge in [-0.1, -0.05) is 12.2 Å². The molecule has 0 aliphatic carbocycles. The van der Waals surface area contributed by atoms with Gasteiger partial charge in [0, 0.05) is 18.6 Å². The maximum atomic E-state index is 16.0. The summed E-state index contributed by atoms with van der Waals surface area (Å²) < 4.78 is 241. The molecule has 72 heteroatoms. The van der Waals surface area contributed by atoms with Crippen LogP contribution in [0.1, 0.15) is 37.4 Å². The molecule has 9 aliphatic heterocycles. The van der Waals surface area contributed by atoms with Crippen LogP contribution in [0.15, 0.2) is 89.1 Å². The summed E-state index contributed by atoms with van der Waals surface area (Å²) in [6.07, 6.45) is -30.1. The van der Waals surface area contributed by atoms with Crippen molar-refractivity contribution >= 4 is 192 Å². The van der Waals surface area contributed by atoms with E-state index >= 15 is 26.3 Å². The highest BCUT2D eigenvalue weighted by molar-refractivity contribution is 8.44. The monoisotopic (exact) mass is 2100 g/mol. The first kappa shape index (κ1) is 95.3. The quantitative estimate of drug-likeness (QED) is 0.0642. The number of aromatic nitrogens is 21. The van der Waals surface area contributed by atoms with Gasteiger partial charge in [-0.15, -0.1) is 0 Å². The first-order chi connectivity index (χ1) is 63.9. The number of hydrogen-bond acceptors (Lipinski definition) is 45. The lowest BCUT2D eigenvalue weighted by molar-refractivity contribution is -0.0630. The number of aromatic amines is 3. The number of phosphoric ester groups is 2. The number of alkyl halides is 6. The molecule has 0 aromatic carbocycles. The molecule has 0 saturated carbocycles. The van der Waals surface area contributed by atoms with Crippen LogP contribution in [0.3, 0.4) is 0 Å². The smallest absolute Gasteiger partial charge is 0.397 e. The number of anilines is 6. The molecule has 56 nitrogen and oxygen atoms in total. The number of nitrogens with zero attached hydrogens (tertiary/aromatic N) is 18. The summed E-state index contributed by atoms with van der Waals surface area (Å²) in [5, 5.41) is 0. The van der Waals surface area contributed by atoms with Gasteiger partial charge in [0.25, 0.3) is 16.7 Å². The number of nitrogen functional groups attached to an aromatic ring is 6. The number of thiol groups is 1. The van der Waals surface area contributed by atoms with Gasteiger partial charge in [-0.25, -0.2) is 84.9 Å². The SMILES string of the molecule is Nc1nc2c(ncn2[C@@H]2O[C@@H]3COP(=O)(O)O[C@H]4[C@H](F)[C@H](n5cnc6c(N)ccnc65)O[C@@H]4COP(=O)(S)O[C@H]2[C@@H]3F)c(=O)[nH]1.Nc1nc2c(ncn2[C@@H]2O[C@@H]3COP(=O)(O)O[C@H]4[C@H](F)[C@H](n5cnc6c(N)ccnc65)O[C@@H]4COP(O)(=S)O[C@H]2[C@@H]3F)c(=O)[nH]1.Nc1nc2c(ncn2[C@@H]2O[C@@H]3COP(O)(=S)O[C@H]4[C@H](F)[C@H](n5cnc6c(N)ccnc65)O[C@@H]4COP(O)(=S)O[C@H]2[C@@H]3F)c(=O)[nH]1. The molecule has 9 aliphatic rings. The van der Waals surface area contributed by atoms with Crippen LogP contribution in [0, 0.1) is 0 Å². The third-order valence-corrected chi connectivity index (χ3v) is 30.3. The molecule has 135 heavy (non-hydrogen) atoms. The van der Waals surface area contributed by atoms with Gasteiger partial charge in [-0.05, 0) is 53.6 Å². The van der Waals surface area contributed by atoms with E-state index < -0.39 is 247 Å². The van der Waals surface area contributed by atoms with E-state index in [1.54, 1.807) is 0 Å². The van der Waals surface area contributed by atoms with Crippen molar-refractivity contribution in [1.29, 1.82) is 0 Å². The second kappa shape index (κ2) is 36.2. The summed E-state index contributed by atoms with van der Waals surface area (Å²) in [6, 6.07) is 4.50. The van der Waals surface area contributed by atoms with Crippen molar-refractivity contribution in [2.24, 2.45) is 0 Å². The normalized spacial score (nSPS) is 37.7. The van der Waals surface area contributed by atoms with Crippen LogP contribution >= 0.6 is 54.8 Å². The predicted octanol–water partition coefficient (Wildman–Crippen LogP) is 1.94. The van der Waals surface area contributed by atoms with Gasteiger partial charge in [-0.2, -0.15) is 15.0 Å². The summed E-state index contributed by atoms with van der Waals surface area (Å²) >= 11 is 19.4. The Morgan fingerprint density at radius 2 is 0.585 bits per heavy atom. The first-order valence-electron chi connectivity index (χ1n) is 39.0. The Morgan fingerprint density at radius 1 is 0.333 bits per heavy atom. The van der Waals surface area contributed by atoms with Crippen LogP contribution in [-0.2, 0) is 132 Å². The topological polar surface area (TPSA) is 757 Å². The molecule has 30 atom stereocenters. The van der Waals surface area contributed by atoms with Crippen molar-refractivity contribution < 1.29 is 147 Å². The summed E-state index contributed by atoms with van der Waals surface area (Å²) in [5.74, 6) is -0.824. The van der Waals surface area contributed by atoms with Crippen LogP contribution in [0.25, 0.3) is 67.0 Å². The van der Waals surface area contributed by atoms with E-state index in [9.17, 15) is 52.5 Å². The lowest BCUT2D eigenvalue weighted by Crippen LogP contribution is -2.34. The van der Waals surface area contributed by atoms with Gasteiger partial charge in [0.1, 0.15) is 89.8 Å². The third kappa shape index (κ3) is 18.5. The number of imidazole rings is 6. The molecule has 6 unspecified atom stereocenters. The van der Waals surface area contributed by atoms with Crippen LogP contribution in [0.5, 0.6) is 0 Å². The number of halogens is 6. The number of ether oxygens (including phenoxy) is 6. The molecule has 12 aromatic rings. The Labute approximate surface area is 765 Å². The van der Waals surface area contributed by atoms with E-state index in [2.05, 4.69) is 87.0 Å². The van der Waals surface area contributed by atoms with Crippen molar-refractivity contribution in [3.8, 4) is 0 Å². The number of hydrogen-bond donors (Lipinski definition) is 15. The molecule has 12 aromatic heterocycles. The second-order valence-electron chi connectivity index (χ2n) is 30.6. The number of nitrogens with one attached hydrogen (secondary N) is 3. The average Bonchev–Trinajstić information content (AvgIpc) is 1.63. The Morgan fingerprint density at radius 3 is 0.904 bits per heavy atom. The fourth-order valence-corrected chi connectivity index (χ4v) is 23.6. The summed E-state index contributed by atoms with van der Waals surface area (Å²) in [6.45, 7) is -22.2. The standard InChI is InChI=1S/2C21H23F2N9O10P2S.C21H23F2N9O9P2S2/c2*22-10-8-3-37-43(34,35)41-14-9(40-19(11(14)23)31-5-27-12-7(24)1-2-26-16(12)31)4-38-44(36,45)42-15(10)20(39-8)32-6-28-13-17(32)29-21(25)30-18(13)33;22-10-8-3-36-42(34,44)40-14-9(39-19(11(14)23)31-5-27-12-7(24)1-2-26-16(12)31)4-37-43(35,45)41-15(10)20(38-8)32-6-28-13-17(32)29-21(25)30-18(13)33/h2*1-2,5-6,8-11,14-15,19-20H,3-4H2,(H2,24,26)(H,34,35)(H,36,45)(H3,25,29,30,33);1-2,5-6,8-11,14-15,19-20H,3-4H2,(H2,24,26)(H,34,44)(H,35,45)(H3,25,29,30,33)/t2*8-,9-,10-,11+,14-,15+,19-,20-,44?;8-,9-,10-,11+,14-,15+,19-,20-,42?,43?/m111/s1. The molecule has 0 spiro atoms. The van der Waals surface area contributed by atoms with Gasteiger partial charge in [0.05, 0.1) is 94.7 Å². The highest BCUT2D eigenvalue weighted by Crippen LogP contribution is 2.61. The molecule has 9 fully saturated rings. The van der Waals surface area contributed by atoms with E-state index in [1.165, 1.54) is 69.5 Å². The molecular formula is C63H69F6N27O29P6S4. The predicted molar refractivity (Wildman–Crippen MR) is 457 cm³/mol. The van der Waals surface area contributed by atoms with Gasteiger partial charge in [0.2, 0.25) is 17.8 Å². The van der Waals surface area contributed by atoms with E-state index in [1.807, 2.05) is 0 Å². The van der Waals surface area contributed by atoms with Crippen LogP contribution < -0.4 is 51.1 Å². The zero-order valence-corrected chi connectivity index (χ0v) is 75.9. The van der Waals surface area contributed by atoms with Crippen molar-refractivity contribution in [2.75, 3.05) is 74.0 Å². The van der Waals surface area contributed by atoms with E-state index in [0.717, 1.165) is 32.7 Å². The zero-order chi connectivity index (χ0) is 95.5. The Hall–Kier alpha value is -8.64. The van der Waals surface area contributed by atoms with Gasteiger partial charge in [0.15, 0.2) is 125 Å². The molecule has 726 valence electrons. The van der Waals surface area contributed by atoms with E-state index in [-0.39, 0.29) is 90.7 Å². The molecule has 20 N–H and O–H groups in total. The maximum absolute atomic E-state index is 16.0. The van der Waals surface area contributed by atoms with Gasteiger partial charge in [-0.3, -0.25) is 97.5 Å². The van der Waals surface area contributed by atoms with Crippen LogP contribution in [0.2, 0.25) is 0 Å². The largest absolute Gasteiger partial charge is 0.472 e. The molecule has 6 bridgehead atoms. The third-order valence-electron chi connectivity index (χ3n) is 22.0. The lowest BCUT2D eigenvalue weighted by atomic mass is 10.1.